The van der Waals surface area contributed by atoms with Crippen LogP contribution in [-0.4, -0.2) is 12.0 Å². The second-order valence-corrected chi connectivity index (χ2v) is 5.94. The average Bonchev–Trinajstić information content (AvgIpc) is 2.96. The molecule has 2 aromatic rings. The number of aryl methyl sites for hydroxylation is 1. The van der Waals surface area contributed by atoms with Crippen molar-refractivity contribution >= 4 is 22.7 Å². The van der Waals surface area contributed by atoms with Crippen molar-refractivity contribution in [1.29, 1.82) is 0 Å². The van der Waals surface area contributed by atoms with Crippen LogP contribution >= 0.6 is 22.7 Å². The predicted octanol–water partition coefficient (Wildman–Crippen LogP) is 3.47. The molecule has 1 aliphatic carbocycles. The summed E-state index contributed by atoms with van der Waals surface area (Å²) in [6.45, 7) is 0. The lowest BCUT2D eigenvalue weighted by atomic mass is 9.98. The average molecular weight is 250 g/mol. The van der Waals surface area contributed by atoms with Crippen molar-refractivity contribution in [2.75, 3.05) is 7.05 Å². The van der Waals surface area contributed by atoms with E-state index in [1.807, 2.05) is 18.4 Å². The monoisotopic (exact) mass is 250 g/mol. The molecule has 2 nitrogen and oxygen atoms in total. The third kappa shape index (κ3) is 1.71. The lowest BCUT2D eigenvalue weighted by molar-refractivity contribution is 0.490. The van der Waals surface area contributed by atoms with E-state index in [9.17, 15) is 0 Å². The Labute approximate surface area is 103 Å². The third-order valence-electron chi connectivity index (χ3n) is 3.07. The smallest absolute Gasteiger partial charge is 0.124 e. The highest BCUT2D eigenvalue weighted by Crippen LogP contribution is 2.37. The second kappa shape index (κ2) is 4.28. The number of thiazole rings is 1. The maximum Gasteiger partial charge on any atom is 0.124 e. The van der Waals surface area contributed by atoms with Crippen molar-refractivity contribution in [2.45, 2.75) is 25.3 Å². The summed E-state index contributed by atoms with van der Waals surface area (Å²) in [5, 5.41) is 8.85. The molecule has 0 bridgehead atoms. The third-order valence-corrected chi connectivity index (χ3v) is 4.93. The van der Waals surface area contributed by atoms with Crippen LogP contribution in [0.5, 0.6) is 0 Å². The van der Waals surface area contributed by atoms with Crippen LogP contribution in [0, 0.1) is 0 Å². The molecule has 2 aromatic heterocycles. The van der Waals surface area contributed by atoms with Crippen molar-refractivity contribution in [1.82, 2.24) is 10.3 Å². The van der Waals surface area contributed by atoms with Crippen LogP contribution in [0.2, 0.25) is 0 Å². The van der Waals surface area contributed by atoms with Gasteiger partial charge in [0.1, 0.15) is 5.01 Å². The van der Waals surface area contributed by atoms with Gasteiger partial charge in [-0.2, -0.15) is 11.3 Å². The molecule has 1 N–H and O–H groups in total. The fourth-order valence-corrected chi connectivity index (χ4v) is 4.09. The largest absolute Gasteiger partial charge is 0.312 e. The Hall–Kier alpha value is -0.710. The number of thiophene rings is 1. The first-order chi connectivity index (χ1) is 7.88. The fraction of sp³-hybridized carbons (Fsp3) is 0.417. The van der Waals surface area contributed by atoms with Gasteiger partial charge in [-0.3, -0.25) is 0 Å². The zero-order valence-corrected chi connectivity index (χ0v) is 10.8. The lowest BCUT2D eigenvalue weighted by Crippen LogP contribution is -2.21. The molecule has 16 heavy (non-hydrogen) atoms. The molecule has 4 heteroatoms. The van der Waals surface area contributed by atoms with Gasteiger partial charge in [-0.25, -0.2) is 4.98 Å². The Bertz CT molecular complexity index is 473. The molecular formula is C12H14N2S2. The van der Waals surface area contributed by atoms with Gasteiger partial charge < -0.3 is 5.32 Å². The molecule has 2 heterocycles. The van der Waals surface area contributed by atoms with E-state index in [1.165, 1.54) is 40.4 Å². The van der Waals surface area contributed by atoms with Gasteiger partial charge in [0, 0.05) is 15.8 Å². The minimum absolute atomic E-state index is 0.465. The summed E-state index contributed by atoms with van der Waals surface area (Å²) in [7, 11) is 2.03. The zero-order valence-electron chi connectivity index (χ0n) is 9.19. The van der Waals surface area contributed by atoms with E-state index in [2.05, 4.69) is 22.1 Å². The molecule has 0 spiro atoms. The molecule has 0 saturated heterocycles. The van der Waals surface area contributed by atoms with Crippen LogP contribution in [0.25, 0.3) is 10.6 Å². The summed E-state index contributed by atoms with van der Waals surface area (Å²) < 4.78 is 0. The van der Waals surface area contributed by atoms with Crippen LogP contribution in [0.4, 0.5) is 0 Å². The standard InChI is InChI=1S/C12H14N2S2/c1-13-9-3-2-4-10-11(9)14-12(16-10)8-5-6-15-7-8/h5-7,9,13H,2-4H2,1H3. The molecule has 0 aliphatic heterocycles. The number of rotatable bonds is 2. The van der Waals surface area contributed by atoms with Gasteiger partial charge in [0.05, 0.1) is 11.7 Å². The summed E-state index contributed by atoms with van der Waals surface area (Å²) in [6, 6.07) is 2.62. The van der Waals surface area contributed by atoms with Gasteiger partial charge >= 0.3 is 0 Å². The zero-order chi connectivity index (χ0) is 11.0. The highest BCUT2D eigenvalue weighted by Gasteiger charge is 2.23. The van der Waals surface area contributed by atoms with Crippen LogP contribution < -0.4 is 5.32 Å². The van der Waals surface area contributed by atoms with E-state index in [0.717, 1.165) is 0 Å². The van der Waals surface area contributed by atoms with E-state index < -0.39 is 0 Å². The molecule has 1 atom stereocenters. The highest BCUT2D eigenvalue weighted by atomic mass is 32.1. The van der Waals surface area contributed by atoms with Crippen LogP contribution in [0.1, 0.15) is 29.5 Å². The maximum absolute atomic E-state index is 4.81. The minimum Gasteiger partial charge on any atom is -0.312 e. The lowest BCUT2D eigenvalue weighted by Gasteiger charge is -2.19. The van der Waals surface area contributed by atoms with E-state index >= 15 is 0 Å². The number of fused-ring (bicyclic) bond motifs is 1. The highest BCUT2D eigenvalue weighted by molar-refractivity contribution is 7.15. The summed E-state index contributed by atoms with van der Waals surface area (Å²) in [6.07, 6.45) is 3.70. The number of hydrogen-bond acceptors (Lipinski definition) is 4. The molecule has 0 fully saturated rings. The first kappa shape index (κ1) is 10.4. The summed E-state index contributed by atoms with van der Waals surface area (Å²) in [4.78, 5) is 6.29. The Morgan fingerprint density at radius 2 is 2.44 bits per heavy atom. The van der Waals surface area contributed by atoms with Crippen molar-refractivity contribution in [3.8, 4) is 10.6 Å². The first-order valence-electron chi connectivity index (χ1n) is 5.58. The topological polar surface area (TPSA) is 24.9 Å². The predicted molar refractivity (Wildman–Crippen MR) is 70.2 cm³/mol. The molecule has 1 aliphatic rings. The molecule has 0 radical (unpaired) electrons. The van der Waals surface area contributed by atoms with Crippen molar-refractivity contribution in [3.63, 3.8) is 0 Å². The summed E-state index contributed by atoms with van der Waals surface area (Å²) in [5.74, 6) is 0. The van der Waals surface area contributed by atoms with Gasteiger partial charge in [0.2, 0.25) is 0 Å². The van der Waals surface area contributed by atoms with E-state index in [-0.39, 0.29) is 0 Å². The maximum atomic E-state index is 4.81. The normalized spacial score (nSPS) is 19.7. The van der Waals surface area contributed by atoms with Crippen LogP contribution in [0.3, 0.4) is 0 Å². The molecule has 1 unspecified atom stereocenters. The summed E-state index contributed by atoms with van der Waals surface area (Å²) >= 11 is 3.61. The van der Waals surface area contributed by atoms with Crippen molar-refractivity contribution in [3.05, 3.63) is 27.4 Å². The van der Waals surface area contributed by atoms with Crippen molar-refractivity contribution < 1.29 is 0 Å². The number of hydrogen-bond donors (Lipinski definition) is 1. The van der Waals surface area contributed by atoms with E-state index in [4.69, 9.17) is 4.98 Å². The quantitative estimate of drug-likeness (QED) is 0.883. The molecule has 0 aromatic carbocycles. The minimum atomic E-state index is 0.465. The Morgan fingerprint density at radius 3 is 3.19 bits per heavy atom. The fourth-order valence-electron chi connectivity index (χ4n) is 2.21. The van der Waals surface area contributed by atoms with Gasteiger partial charge in [-0.1, -0.05) is 0 Å². The first-order valence-corrected chi connectivity index (χ1v) is 7.34. The molecule has 3 rings (SSSR count). The Morgan fingerprint density at radius 1 is 1.50 bits per heavy atom. The Kier molecular flexibility index (Phi) is 2.79. The molecular weight excluding hydrogens is 236 g/mol. The van der Waals surface area contributed by atoms with Crippen molar-refractivity contribution in [2.24, 2.45) is 0 Å². The van der Waals surface area contributed by atoms with Crippen LogP contribution in [0.15, 0.2) is 16.8 Å². The van der Waals surface area contributed by atoms with Gasteiger partial charge in [0.15, 0.2) is 0 Å². The Balaban J connectivity index is 2.02. The van der Waals surface area contributed by atoms with Gasteiger partial charge in [-0.15, -0.1) is 11.3 Å². The second-order valence-electron chi connectivity index (χ2n) is 4.07. The SMILES string of the molecule is CNC1CCCc2sc(-c3ccsc3)nc21. The number of aromatic nitrogens is 1. The molecule has 0 saturated carbocycles. The number of nitrogens with zero attached hydrogens (tertiary/aromatic N) is 1. The molecule has 84 valence electrons. The van der Waals surface area contributed by atoms with Gasteiger partial charge in [-0.05, 0) is 37.8 Å². The van der Waals surface area contributed by atoms with E-state index in [0.29, 0.717) is 6.04 Å². The molecule has 0 amide bonds. The van der Waals surface area contributed by atoms with Gasteiger partial charge in [0.25, 0.3) is 0 Å². The van der Waals surface area contributed by atoms with E-state index in [1.54, 1.807) is 11.3 Å². The van der Waals surface area contributed by atoms with Crippen LogP contribution in [-0.2, 0) is 6.42 Å². The summed E-state index contributed by atoms with van der Waals surface area (Å²) in [5.41, 5.74) is 2.57. The number of nitrogens with one attached hydrogen (secondary N) is 1.